The van der Waals surface area contributed by atoms with Gasteiger partial charge in [-0.1, -0.05) is 6.07 Å². The number of hydrogen-bond donors (Lipinski definition) is 2. The number of esters is 1. The Labute approximate surface area is 149 Å². The number of carbonyl (C=O) groups is 1. The average molecular weight is 351 g/mol. The van der Waals surface area contributed by atoms with Crippen molar-refractivity contribution in [2.45, 2.75) is 26.7 Å². The van der Waals surface area contributed by atoms with E-state index in [4.69, 9.17) is 9.47 Å². The van der Waals surface area contributed by atoms with Gasteiger partial charge in [0.2, 0.25) is 0 Å². The van der Waals surface area contributed by atoms with Crippen LogP contribution >= 0.6 is 0 Å². The van der Waals surface area contributed by atoms with Crippen LogP contribution in [0.2, 0.25) is 0 Å². The summed E-state index contributed by atoms with van der Waals surface area (Å²) in [4.78, 5) is 15.2. The molecule has 7 heteroatoms. The molecule has 0 amide bonds. The Balaban J connectivity index is 2.48. The molecule has 1 aromatic rings. The average Bonchev–Trinajstić information content (AvgIpc) is 2.62. The second-order valence-corrected chi connectivity index (χ2v) is 5.15. The number of hydrogen-bond acceptors (Lipinski definition) is 5. The van der Waals surface area contributed by atoms with Crippen molar-refractivity contribution in [1.82, 2.24) is 10.6 Å². The molecule has 140 valence electrons. The molecule has 0 aliphatic carbocycles. The zero-order valence-electron chi connectivity index (χ0n) is 15.6. The Kier molecular flexibility index (Phi) is 9.89. The molecule has 0 unspecified atom stereocenters. The molecule has 0 atom stereocenters. The first-order valence-electron chi connectivity index (χ1n) is 8.54. The summed E-state index contributed by atoms with van der Waals surface area (Å²) in [5.41, 5.74) is 1.14. The van der Waals surface area contributed by atoms with E-state index in [0.717, 1.165) is 23.5 Å². The molecule has 0 bridgehead atoms. The summed E-state index contributed by atoms with van der Waals surface area (Å²) in [5.74, 6) is 1.93. The van der Waals surface area contributed by atoms with Crippen molar-refractivity contribution in [3.8, 4) is 11.5 Å². The number of benzene rings is 1. The van der Waals surface area contributed by atoms with Gasteiger partial charge in [-0.15, -0.1) is 0 Å². The quantitative estimate of drug-likeness (QED) is 0.380. The van der Waals surface area contributed by atoms with Crippen LogP contribution < -0.4 is 20.1 Å². The van der Waals surface area contributed by atoms with Crippen LogP contribution in [0.25, 0.3) is 0 Å². The van der Waals surface area contributed by atoms with Crippen molar-refractivity contribution in [1.29, 1.82) is 0 Å². The van der Waals surface area contributed by atoms with Gasteiger partial charge in [0.05, 0.1) is 26.7 Å². The minimum atomic E-state index is -0.249. The summed E-state index contributed by atoms with van der Waals surface area (Å²) >= 11 is 0. The summed E-state index contributed by atoms with van der Waals surface area (Å²) < 4.78 is 15.8. The minimum Gasteiger partial charge on any atom is -0.490 e. The summed E-state index contributed by atoms with van der Waals surface area (Å²) in [6.45, 7) is 6.29. The largest absolute Gasteiger partial charge is 0.490 e. The highest BCUT2D eigenvalue weighted by atomic mass is 16.5. The summed E-state index contributed by atoms with van der Waals surface area (Å²) in [7, 11) is 3.07. The van der Waals surface area contributed by atoms with Crippen molar-refractivity contribution in [3.63, 3.8) is 0 Å². The van der Waals surface area contributed by atoms with Gasteiger partial charge in [0, 0.05) is 20.1 Å². The van der Waals surface area contributed by atoms with Gasteiger partial charge in [0.15, 0.2) is 17.5 Å². The van der Waals surface area contributed by atoms with Crippen LogP contribution in [0.15, 0.2) is 23.2 Å². The van der Waals surface area contributed by atoms with Crippen molar-refractivity contribution in [3.05, 3.63) is 23.8 Å². The molecular formula is C18H29N3O4. The highest BCUT2D eigenvalue weighted by molar-refractivity contribution is 5.80. The number of methoxy groups -OCH3 is 1. The third-order valence-electron chi connectivity index (χ3n) is 3.39. The maximum atomic E-state index is 11.1. The van der Waals surface area contributed by atoms with E-state index in [0.29, 0.717) is 38.7 Å². The van der Waals surface area contributed by atoms with Crippen LogP contribution in [0.4, 0.5) is 0 Å². The van der Waals surface area contributed by atoms with E-state index in [1.807, 2.05) is 32.0 Å². The fourth-order valence-corrected chi connectivity index (χ4v) is 2.18. The first-order valence-corrected chi connectivity index (χ1v) is 8.54. The molecule has 25 heavy (non-hydrogen) atoms. The Morgan fingerprint density at radius 1 is 1.08 bits per heavy atom. The summed E-state index contributed by atoms with van der Waals surface area (Å²) in [6.07, 6.45) is 1.11. The topological polar surface area (TPSA) is 81.2 Å². The van der Waals surface area contributed by atoms with Crippen LogP contribution in [-0.2, 0) is 16.0 Å². The third kappa shape index (κ3) is 7.78. The van der Waals surface area contributed by atoms with E-state index in [-0.39, 0.29) is 5.97 Å². The molecule has 0 aliphatic heterocycles. The molecule has 0 saturated carbocycles. The molecule has 1 rings (SSSR count). The number of carbonyl (C=O) groups excluding carboxylic acids is 1. The molecule has 0 fully saturated rings. The van der Waals surface area contributed by atoms with Crippen LogP contribution in [-0.4, -0.2) is 52.4 Å². The molecule has 0 spiro atoms. The molecule has 2 N–H and O–H groups in total. The second kappa shape index (κ2) is 12.0. The Morgan fingerprint density at radius 2 is 1.76 bits per heavy atom. The van der Waals surface area contributed by atoms with Crippen molar-refractivity contribution >= 4 is 11.9 Å². The lowest BCUT2D eigenvalue weighted by Crippen LogP contribution is -2.39. The summed E-state index contributed by atoms with van der Waals surface area (Å²) in [6, 6.07) is 5.97. The number of aliphatic imine (C=N–C) groups is 1. The number of nitrogens with one attached hydrogen (secondary N) is 2. The normalized spacial score (nSPS) is 11.0. The molecular weight excluding hydrogens is 322 g/mol. The van der Waals surface area contributed by atoms with Gasteiger partial charge >= 0.3 is 5.97 Å². The Bertz CT molecular complexity index is 561. The van der Waals surface area contributed by atoms with Gasteiger partial charge in [-0.2, -0.15) is 0 Å². The van der Waals surface area contributed by atoms with E-state index in [9.17, 15) is 4.79 Å². The van der Waals surface area contributed by atoms with Crippen molar-refractivity contribution < 1.29 is 19.0 Å². The summed E-state index contributed by atoms with van der Waals surface area (Å²) in [5, 5.41) is 6.29. The van der Waals surface area contributed by atoms with Crippen LogP contribution in [0, 0.1) is 0 Å². The van der Waals surface area contributed by atoms with Crippen LogP contribution in [0.1, 0.15) is 25.8 Å². The lowest BCUT2D eigenvalue weighted by atomic mass is 10.1. The van der Waals surface area contributed by atoms with Gasteiger partial charge < -0.3 is 24.8 Å². The number of guanidine groups is 1. The van der Waals surface area contributed by atoms with E-state index in [2.05, 4.69) is 20.4 Å². The van der Waals surface area contributed by atoms with Gasteiger partial charge in [-0.3, -0.25) is 9.79 Å². The zero-order valence-corrected chi connectivity index (χ0v) is 15.6. The van der Waals surface area contributed by atoms with Crippen molar-refractivity contribution in [2.75, 3.05) is 40.5 Å². The minimum absolute atomic E-state index is 0.249. The molecule has 7 nitrogen and oxygen atoms in total. The van der Waals surface area contributed by atoms with Crippen LogP contribution in [0.3, 0.4) is 0 Å². The fraction of sp³-hybridized carbons (Fsp3) is 0.556. The van der Waals surface area contributed by atoms with Crippen molar-refractivity contribution in [2.24, 2.45) is 4.99 Å². The maximum Gasteiger partial charge on any atom is 0.307 e. The molecule has 0 heterocycles. The van der Waals surface area contributed by atoms with E-state index in [1.54, 1.807) is 7.05 Å². The standard InChI is InChI=1S/C18H29N3O4/c1-5-24-15-8-7-14(13-16(15)25-6-2)9-11-20-18(19-3)21-12-10-17(22)23-4/h7-8,13H,5-6,9-12H2,1-4H3,(H2,19,20,21). The van der Waals surface area contributed by atoms with Crippen LogP contribution in [0.5, 0.6) is 11.5 Å². The first kappa shape index (κ1) is 20.6. The highest BCUT2D eigenvalue weighted by Crippen LogP contribution is 2.28. The molecule has 0 aromatic heterocycles. The fourth-order valence-electron chi connectivity index (χ4n) is 2.18. The van der Waals surface area contributed by atoms with Gasteiger partial charge in [-0.25, -0.2) is 0 Å². The second-order valence-electron chi connectivity index (χ2n) is 5.15. The number of rotatable bonds is 10. The zero-order chi connectivity index (χ0) is 18.5. The monoisotopic (exact) mass is 351 g/mol. The number of nitrogens with zero attached hydrogens (tertiary/aromatic N) is 1. The molecule has 0 aliphatic rings. The molecule has 1 aromatic carbocycles. The van der Waals surface area contributed by atoms with E-state index >= 15 is 0 Å². The maximum absolute atomic E-state index is 11.1. The smallest absolute Gasteiger partial charge is 0.307 e. The van der Waals surface area contributed by atoms with Gasteiger partial charge in [0.25, 0.3) is 0 Å². The van der Waals surface area contributed by atoms with E-state index < -0.39 is 0 Å². The Hall–Kier alpha value is -2.44. The first-order chi connectivity index (χ1) is 12.1. The lowest BCUT2D eigenvalue weighted by molar-refractivity contribution is -0.140. The Morgan fingerprint density at radius 3 is 2.40 bits per heavy atom. The molecule has 0 radical (unpaired) electrons. The SMILES string of the molecule is CCOc1ccc(CCNC(=NC)NCCC(=O)OC)cc1OCC. The lowest BCUT2D eigenvalue weighted by Gasteiger charge is -2.14. The highest BCUT2D eigenvalue weighted by Gasteiger charge is 2.07. The van der Waals surface area contributed by atoms with Gasteiger partial charge in [-0.05, 0) is 38.0 Å². The predicted molar refractivity (Wildman–Crippen MR) is 98.5 cm³/mol. The third-order valence-corrected chi connectivity index (χ3v) is 3.39. The van der Waals surface area contributed by atoms with Gasteiger partial charge in [0.1, 0.15) is 0 Å². The number of ether oxygens (including phenoxy) is 3. The predicted octanol–water partition coefficient (Wildman–Crippen LogP) is 1.75. The van der Waals surface area contributed by atoms with E-state index in [1.165, 1.54) is 7.11 Å². The molecule has 0 saturated heterocycles.